The van der Waals surface area contributed by atoms with Gasteiger partial charge in [-0.05, 0) is 19.4 Å². The van der Waals surface area contributed by atoms with Crippen molar-refractivity contribution in [3.05, 3.63) is 22.9 Å². The van der Waals surface area contributed by atoms with Crippen LogP contribution in [0.2, 0.25) is 0 Å². The van der Waals surface area contributed by atoms with Crippen molar-refractivity contribution < 1.29 is 0 Å². The SMILES string of the molecule is O=c1[nH]ccn1C1CCCCNC1. The van der Waals surface area contributed by atoms with E-state index in [1.165, 1.54) is 12.8 Å². The maximum absolute atomic E-state index is 11.3. The monoisotopic (exact) mass is 181 g/mol. The molecule has 1 aromatic rings. The summed E-state index contributed by atoms with van der Waals surface area (Å²) in [6.07, 6.45) is 7.06. The Kier molecular flexibility index (Phi) is 2.49. The fourth-order valence-electron chi connectivity index (χ4n) is 1.86. The third kappa shape index (κ3) is 1.83. The van der Waals surface area contributed by atoms with Gasteiger partial charge in [0.15, 0.2) is 0 Å². The molecular formula is C9H15N3O. The van der Waals surface area contributed by atoms with E-state index < -0.39 is 0 Å². The van der Waals surface area contributed by atoms with E-state index in [1.54, 1.807) is 10.8 Å². The second kappa shape index (κ2) is 3.79. The topological polar surface area (TPSA) is 49.8 Å². The molecule has 2 rings (SSSR count). The molecule has 0 aliphatic carbocycles. The molecule has 13 heavy (non-hydrogen) atoms. The molecule has 72 valence electrons. The fraction of sp³-hybridized carbons (Fsp3) is 0.667. The third-order valence-corrected chi connectivity index (χ3v) is 2.59. The van der Waals surface area contributed by atoms with Crippen molar-refractivity contribution in [3.63, 3.8) is 0 Å². The Balaban J connectivity index is 2.15. The Morgan fingerprint density at radius 2 is 2.38 bits per heavy atom. The molecule has 2 heterocycles. The molecule has 1 aliphatic heterocycles. The van der Waals surface area contributed by atoms with E-state index in [1.807, 2.05) is 6.20 Å². The van der Waals surface area contributed by atoms with Crippen LogP contribution in [0.4, 0.5) is 0 Å². The van der Waals surface area contributed by atoms with Crippen molar-refractivity contribution in [1.82, 2.24) is 14.9 Å². The summed E-state index contributed by atoms with van der Waals surface area (Å²) >= 11 is 0. The standard InChI is InChI=1S/C9H15N3O/c13-9-11-5-6-12(9)8-3-1-2-4-10-7-8/h5-6,8,10H,1-4,7H2,(H,11,13). The number of aromatic nitrogens is 2. The molecule has 1 atom stereocenters. The Hall–Kier alpha value is -1.03. The van der Waals surface area contributed by atoms with Crippen molar-refractivity contribution in [2.75, 3.05) is 13.1 Å². The van der Waals surface area contributed by atoms with Gasteiger partial charge in [-0.15, -0.1) is 0 Å². The smallest absolute Gasteiger partial charge is 0.315 e. The van der Waals surface area contributed by atoms with Gasteiger partial charge in [0.1, 0.15) is 0 Å². The van der Waals surface area contributed by atoms with Crippen molar-refractivity contribution >= 4 is 0 Å². The summed E-state index contributed by atoms with van der Waals surface area (Å²) < 4.78 is 1.79. The second-order valence-electron chi connectivity index (χ2n) is 3.53. The molecule has 1 aliphatic rings. The van der Waals surface area contributed by atoms with Gasteiger partial charge in [0.2, 0.25) is 0 Å². The molecule has 4 heteroatoms. The summed E-state index contributed by atoms with van der Waals surface area (Å²) in [5, 5.41) is 3.34. The maximum atomic E-state index is 11.3. The summed E-state index contributed by atoms with van der Waals surface area (Å²) in [5.74, 6) is 0. The Bertz CT molecular complexity index is 307. The lowest BCUT2D eigenvalue weighted by molar-refractivity contribution is 0.450. The summed E-state index contributed by atoms with van der Waals surface area (Å²) in [4.78, 5) is 14.0. The highest BCUT2D eigenvalue weighted by Gasteiger charge is 2.14. The molecule has 0 amide bonds. The van der Waals surface area contributed by atoms with E-state index in [9.17, 15) is 4.79 Å². The molecule has 0 radical (unpaired) electrons. The minimum atomic E-state index is 0.00806. The van der Waals surface area contributed by atoms with Crippen molar-refractivity contribution in [2.45, 2.75) is 25.3 Å². The Morgan fingerprint density at radius 3 is 3.15 bits per heavy atom. The van der Waals surface area contributed by atoms with Gasteiger partial charge in [-0.3, -0.25) is 4.57 Å². The number of imidazole rings is 1. The number of nitrogens with zero attached hydrogens (tertiary/aromatic N) is 1. The first-order chi connectivity index (χ1) is 6.38. The van der Waals surface area contributed by atoms with Crippen LogP contribution < -0.4 is 11.0 Å². The number of nitrogens with one attached hydrogen (secondary N) is 2. The van der Waals surface area contributed by atoms with E-state index in [4.69, 9.17) is 0 Å². The van der Waals surface area contributed by atoms with Gasteiger partial charge in [-0.1, -0.05) is 6.42 Å². The number of hydrogen-bond donors (Lipinski definition) is 2. The second-order valence-corrected chi connectivity index (χ2v) is 3.53. The van der Waals surface area contributed by atoms with Gasteiger partial charge < -0.3 is 10.3 Å². The summed E-state index contributed by atoms with van der Waals surface area (Å²) in [6.45, 7) is 1.99. The number of rotatable bonds is 1. The van der Waals surface area contributed by atoms with Crippen LogP contribution in [0.1, 0.15) is 25.3 Å². The van der Waals surface area contributed by atoms with Crippen molar-refractivity contribution in [1.29, 1.82) is 0 Å². The van der Waals surface area contributed by atoms with E-state index >= 15 is 0 Å². The van der Waals surface area contributed by atoms with Crippen LogP contribution >= 0.6 is 0 Å². The van der Waals surface area contributed by atoms with Crippen molar-refractivity contribution in [2.24, 2.45) is 0 Å². The number of H-pyrrole nitrogens is 1. The molecule has 1 fully saturated rings. The van der Waals surface area contributed by atoms with Crippen LogP contribution in [0.3, 0.4) is 0 Å². The maximum Gasteiger partial charge on any atom is 0.325 e. The number of aromatic amines is 1. The quantitative estimate of drug-likeness (QED) is 0.662. The van der Waals surface area contributed by atoms with Gasteiger partial charge in [-0.25, -0.2) is 4.79 Å². The highest BCUT2D eigenvalue weighted by molar-refractivity contribution is 4.83. The average molecular weight is 181 g/mol. The van der Waals surface area contributed by atoms with Crippen LogP contribution in [0.25, 0.3) is 0 Å². The third-order valence-electron chi connectivity index (χ3n) is 2.59. The van der Waals surface area contributed by atoms with Crippen LogP contribution in [0.15, 0.2) is 17.2 Å². The van der Waals surface area contributed by atoms with Gasteiger partial charge in [0.25, 0.3) is 0 Å². The van der Waals surface area contributed by atoms with E-state index in [0.717, 1.165) is 19.5 Å². The zero-order chi connectivity index (χ0) is 9.10. The van der Waals surface area contributed by atoms with E-state index in [-0.39, 0.29) is 5.69 Å². The molecule has 4 nitrogen and oxygen atoms in total. The summed E-state index contributed by atoms with van der Waals surface area (Å²) in [7, 11) is 0. The highest BCUT2D eigenvalue weighted by Crippen LogP contribution is 2.14. The molecule has 0 saturated carbocycles. The normalized spacial score (nSPS) is 24.2. The molecule has 1 saturated heterocycles. The predicted molar refractivity (Wildman–Crippen MR) is 50.8 cm³/mol. The van der Waals surface area contributed by atoms with Gasteiger partial charge in [-0.2, -0.15) is 0 Å². The first-order valence-corrected chi connectivity index (χ1v) is 4.84. The van der Waals surface area contributed by atoms with E-state index in [2.05, 4.69) is 10.3 Å². The Morgan fingerprint density at radius 1 is 1.46 bits per heavy atom. The zero-order valence-corrected chi connectivity index (χ0v) is 7.62. The van der Waals surface area contributed by atoms with Gasteiger partial charge in [0.05, 0.1) is 6.04 Å². The minimum Gasteiger partial charge on any atom is -0.315 e. The molecule has 0 bridgehead atoms. The zero-order valence-electron chi connectivity index (χ0n) is 7.62. The summed E-state index contributed by atoms with van der Waals surface area (Å²) in [5.41, 5.74) is 0.00806. The molecule has 0 aromatic carbocycles. The van der Waals surface area contributed by atoms with Crippen LogP contribution in [-0.2, 0) is 0 Å². The highest BCUT2D eigenvalue weighted by atomic mass is 16.1. The first-order valence-electron chi connectivity index (χ1n) is 4.84. The van der Waals surface area contributed by atoms with Crippen LogP contribution in [0.5, 0.6) is 0 Å². The van der Waals surface area contributed by atoms with Gasteiger partial charge in [0, 0.05) is 18.9 Å². The summed E-state index contributed by atoms with van der Waals surface area (Å²) in [6, 6.07) is 0.334. The van der Waals surface area contributed by atoms with Gasteiger partial charge >= 0.3 is 5.69 Å². The van der Waals surface area contributed by atoms with E-state index in [0.29, 0.717) is 6.04 Å². The lowest BCUT2D eigenvalue weighted by Gasteiger charge is -2.14. The Labute approximate surface area is 77.0 Å². The molecule has 2 N–H and O–H groups in total. The first kappa shape index (κ1) is 8.56. The molecule has 1 aromatic heterocycles. The molecule has 0 spiro atoms. The van der Waals surface area contributed by atoms with Crippen LogP contribution in [0, 0.1) is 0 Å². The minimum absolute atomic E-state index is 0.00806. The average Bonchev–Trinajstić information content (AvgIpc) is 2.43. The largest absolute Gasteiger partial charge is 0.325 e. The molecular weight excluding hydrogens is 166 g/mol. The predicted octanol–water partition coefficient (Wildman–Crippen LogP) is 0.491. The molecule has 1 unspecified atom stereocenters. The van der Waals surface area contributed by atoms with Crippen LogP contribution in [-0.4, -0.2) is 22.6 Å². The van der Waals surface area contributed by atoms with Crippen molar-refractivity contribution in [3.8, 4) is 0 Å². The lowest BCUT2D eigenvalue weighted by atomic mass is 10.1. The fourth-order valence-corrected chi connectivity index (χ4v) is 1.86. The number of hydrogen-bond acceptors (Lipinski definition) is 2. The lowest BCUT2D eigenvalue weighted by Crippen LogP contribution is -2.29.